The molecule has 0 radical (unpaired) electrons. The quantitative estimate of drug-likeness (QED) is 0.758. The largest absolute Gasteiger partial charge is 0.369 e. The van der Waals surface area contributed by atoms with E-state index in [1.807, 2.05) is 18.2 Å². The Morgan fingerprint density at radius 2 is 1.23 bits per heavy atom. The standard InChI is InChI=1S/C26H34N4/c1-3-11-24(4-2)28-18-16-27-17-19-29(25-12-7-5-8-13-25)21-23-30(22-20-28)26-14-9-6-10-15-26/h3-15,27H,1-2,16-23H2/b24-11+. The van der Waals surface area contributed by atoms with Gasteiger partial charge in [-0.15, -0.1) is 0 Å². The van der Waals surface area contributed by atoms with Crippen LogP contribution in [0.25, 0.3) is 0 Å². The molecule has 1 N–H and O–H groups in total. The average molecular weight is 403 g/mol. The van der Waals surface area contributed by atoms with E-state index in [0.29, 0.717) is 0 Å². The molecule has 1 heterocycles. The normalized spacial score (nSPS) is 17.1. The predicted molar refractivity (Wildman–Crippen MR) is 130 cm³/mol. The van der Waals surface area contributed by atoms with Crippen molar-refractivity contribution in [2.45, 2.75) is 0 Å². The highest BCUT2D eigenvalue weighted by molar-refractivity contribution is 5.49. The van der Waals surface area contributed by atoms with Crippen molar-refractivity contribution in [3.8, 4) is 0 Å². The zero-order valence-electron chi connectivity index (χ0n) is 17.9. The number of hydrogen-bond donors (Lipinski definition) is 1. The first kappa shape index (κ1) is 21.7. The molecular formula is C26H34N4. The molecule has 1 aliphatic heterocycles. The molecule has 0 spiro atoms. The molecule has 158 valence electrons. The van der Waals surface area contributed by atoms with E-state index in [-0.39, 0.29) is 0 Å². The molecule has 0 bridgehead atoms. The van der Waals surface area contributed by atoms with Crippen LogP contribution in [-0.2, 0) is 0 Å². The second-order valence-corrected chi connectivity index (χ2v) is 7.41. The Balaban J connectivity index is 1.80. The maximum atomic E-state index is 4.01. The van der Waals surface area contributed by atoms with Crippen LogP contribution in [0.4, 0.5) is 11.4 Å². The van der Waals surface area contributed by atoms with E-state index in [1.165, 1.54) is 11.4 Å². The molecule has 4 nitrogen and oxygen atoms in total. The Hall–Kier alpha value is -2.98. The maximum Gasteiger partial charge on any atom is 0.0367 e. The van der Waals surface area contributed by atoms with Crippen LogP contribution in [0.2, 0.25) is 0 Å². The van der Waals surface area contributed by atoms with Crippen molar-refractivity contribution in [3.63, 3.8) is 0 Å². The first-order valence-electron chi connectivity index (χ1n) is 10.8. The van der Waals surface area contributed by atoms with Crippen molar-refractivity contribution < 1.29 is 0 Å². The third-order valence-corrected chi connectivity index (χ3v) is 5.50. The summed E-state index contributed by atoms with van der Waals surface area (Å²) in [6.07, 6.45) is 5.81. The monoisotopic (exact) mass is 402 g/mol. The molecule has 30 heavy (non-hydrogen) atoms. The van der Waals surface area contributed by atoms with Crippen molar-refractivity contribution in [1.29, 1.82) is 0 Å². The molecule has 0 aromatic heterocycles. The lowest BCUT2D eigenvalue weighted by Crippen LogP contribution is -2.44. The Morgan fingerprint density at radius 1 is 0.700 bits per heavy atom. The number of para-hydroxylation sites is 2. The minimum absolute atomic E-state index is 0.938. The zero-order chi connectivity index (χ0) is 21.0. The summed E-state index contributed by atoms with van der Waals surface area (Å²) < 4.78 is 0. The summed E-state index contributed by atoms with van der Waals surface area (Å²) in [5, 5.41) is 3.61. The van der Waals surface area contributed by atoms with Gasteiger partial charge in [0, 0.05) is 69.4 Å². The third-order valence-electron chi connectivity index (χ3n) is 5.50. The second kappa shape index (κ2) is 11.9. The van der Waals surface area contributed by atoms with Gasteiger partial charge in [-0.05, 0) is 36.4 Å². The van der Waals surface area contributed by atoms with Crippen LogP contribution < -0.4 is 15.1 Å². The topological polar surface area (TPSA) is 21.8 Å². The van der Waals surface area contributed by atoms with Gasteiger partial charge in [-0.1, -0.05) is 55.6 Å². The highest BCUT2D eigenvalue weighted by Crippen LogP contribution is 2.17. The van der Waals surface area contributed by atoms with Crippen molar-refractivity contribution in [2.24, 2.45) is 0 Å². The SMILES string of the molecule is C=C/C=C(\C=C)N1CCNCCN(c2ccccc2)CCN(c2ccccc2)CC1. The molecule has 4 heteroatoms. The van der Waals surface area contributed by atoms with Gasteiger partial charge in [-0.2, -0.15) is 0 Å². The van der Waals surface area contributed by atoms with Crippen LogP contribution in [0.15, 0.2) is 97.7 Å². The van der Waals surface area contributed by atoms with Crippen LogP contribution in [0.3, 0.4) is 0 Å². The van der Waals surface area contributed by atoms with Crippen molar-refractivity contribution >= 4 is 11.4 Å². The smallest absolute Gasteiger partial charge is 0.0367 e. The van der Waals surface area contributed by atoms with Crippen molar-refractivity contribution in [1.82, 2.24) is 10.2 Å². The summed E-state index contributed by atoms with van der Waals surface area (Å²) in [6, 6.07) is 21.5. The van der Waals surface area contributed by atoms with E-state index in [4.69, 9.17) is 0 Å². The fourth-order valence-electron chi connectivity index (χ4n) is 3.85. The fourth-order valence-corrected chi connectivity index (χ4v) is 3.85. The second-order valence-electron chi connectivity index (χ2n) is 7.41. The van der Waals surface area contributed by atoms with Gasteiger partial charge in [0.1, 0.15) is 0 Å². The Kier molecular flexibility index (Phi) is 8.61. The van der Waals surface area contributed by atoms with Crippen LogP contribution in [-0.4, -0.2) is 57.3 Å². The lowest BCUT2D eigenvalue weighted by molar-refractivity contribution is 0.354. The highest BCUT2D eigenvalue weighted by atomic mass is 15.2. The van der Waals surface area contributed by atoms with E-state index in [1.54, 1.807) is 0 Å². The summed E-state index contributed by atoms with van der Waals surface area (Å²) in [7, 11) is 0. The van der Waals surface area contributed by atoms with Gasteiger partial charge >= 0.3 is 0 Å². The van der Waals surface area contributed by atoms with E-state index in [9.17, 15) is 0 Å². The summed E-state index contributed by atoms with van der Waals surface area (Å²) in [4.78, 5) is 7.37. The van der Waals surface area contributed by atoms with Crippen LogP contribution in [0.1, 0.15) is 0 Å². The molecule has 0 amide bonds. The molecule has 2 aromatic carbocycles. The van der Waals surface area contributed by atoms with E-state index in [0.717, 1.165) is 58.1 Å². The van der Waals surface area contributed by atoms with Crippen molar-refractivity contribution in [2.75, 3.05) is 62.2 Å². The zero-order valence-corrected chi connectivity index (χ0v) is 17.9. The van der Waals surface area contributed by atoms with Gasteiger partial charge in [0.15, 0.2) is 0 Å². The summed E-state index contributed by atoms with van der Waals surface area (Å²) in [6.45, 7) is 15.6. The minimum atomic E-state index is 0.938. The fraction of sp³-hybridized carbons (Fsp3) is 0.308. The molecule has 1 fully saturated rings. The first-order valence-corrected chi connectivity index (χ1v) is 10.8. The first-order chi connectivity index (χ1) is 14.8. The predicted octanol–water partition coefficient (Wildman–Crippen LogP) is 4.16. The Bertz CT molecular complexity index is 800. The van der Waals surface area contributed by atoms with Gasteiger partial charge in [0.2, 0.25) is 0 Å². The van der Waals surface area contributed by atoms with E-state index >= 15 is 0 Å². The number of nitrogens with one attached hydrogen (secondary N) is 1. The highest BCUT2D eigenvalue weighted by Gasteiger charge is 2.15. The molecular weight excluding hydrogens is 368 g/mol. The molecule has 0 atom stereocenters. The van der Waals surface area contributed by atoms with Gasteiger partial charge in [0.05, 0.1) is 0 Å². The van der Waals surface area contributed by atoms with E-state index in [2.05, 4.69) is 93.8 Å². The van der Waals surface area contributed by atoms with Gasteiger partial charge in [0.25, 0.3) is 0 Å². The minimum Gasteiger partial charge on any atom is -0.369 e. The number of rotatable bonds is 5. The van der Waals surface area contributed by atoms with Crippen molar-refractivity contribution in [3.05, 3.63) is 97.7 Å². The number of anilines is 2. The number of nitrogens with zero attached hydrogens (tertiary/aromatic N) is 3. The van der Waals surface area contributed by atoms with Gasteiger partial charge in [-0.3, -0.25) is 0 Å². The number of benzene rings is 2. The Morgan fingerprint density at radius 3 is 1.80 bits per heavy atom. The summed E-state index contributed by atoms with van der Waals surface area (Å²) >= 11 is 0. The Labute approximate surface area is 181 Å². The average Bonchev–Trinajstić information content (AvgIpc) is 2.79. The molecule has 3 rings (SSSR count). The van der Waals surface area contributed by atoms with Crippen LogP contribution >= 0.6 is 0 Å². The van der Waals surface area contributed by atoms with Gasteiger partial charge < -0.3 is 20.0 Å². The lowest BCUT2D eigenvalue weighted by Gasteiger charge is -2.34. The maximum absolute atomic E-state index is 4.01. The summed E-state index contributed by atoms with van der Waals surface area (Å²) in [5.41, 5.74) is 3.69. The molecule has 2 aromatic rings. The number of hydrogen-bond acceptors (Lipinski definition) is 4. The van der Waals surface area contributed by atoms with Crippen LogP contribution in [0, 0.1) is 0 Å². The molecule has 0 aliphatic carbocycles. The molecule has 1 aliphatic rings. The lowest BCUT2D eigenvalue weighted by atomic mass is 10.2. The third kappa shape index (κ3) is 6.26. The molecule has 0 unspecified atom stereocenters. The van der Waals surface area contributed by atoms with Gasteiger partial charge in [-0.25, -0.2) is 0 Å². The molecule has 0 saturated carbocycles. The summed E-state index contributed by atoms with van der Waals surface area (Å²) in [5.74, 6) is 0. The van der Waals surface area contributed by atoms with Crippen LogP contribution in [0.5, 0.6) is 0 Å². The van der Waals surface area contributed by atoms with E-state index < -0.39 is 0 Å². The molecule has 1 saturated heterocycles. The number of allylic oxidation sites excluding steroid dienone is 3.